The Morgan fingerprint density at radius 2 is 2.40 bits per heavy atom. The summed E-state index contributed by atoms with van der Waals surface area (Å²) in [6.45, 7) is 6.52. The molecule has 0 spiro atoms. The number of hydrogen-bond acceptors (Lipinski definition) is 3. The van der Waals surface area contributed by atoms with Crippen molar-refractivity contribution in [2.45, 2.75) is 32.1 Å². The second kappa shape index (κ2) is 7.71. The van der Waals surface area contributed by atoms with Gasteiger partial charge in [-0.05, 0) is 18.1 Å². The van der Waals surface area contributed by atoms with Crippen LogP contribution in [0.25, 0.3) is 0 Å². The summed E-state index contributed by atoms with van der Waals surface area (Å²) in [5, 5.41) is 4.20. The first-order chi connectivity index (χ1) is 7.33. The van der Waals surface area contributed by atoms with Gasteiger partial charge >= 0.3 is 0 Å². The van der Waals surface area contributed by atoms with Gasteiger partial charge in [0.05, 0.1) is 0 Å². The molecule has 3 heteroatoms. The normalized spacial score (nSPS) is 12.7. The highest BCUT2D eigenvalue weighted by Crippen LogP contribution is 2.11. The molecule has 1 heterocycles. The number of pyridine rings is 1. The van der Waals surface area contributed by atoms with E-state index in [0.29, 0.717) is 0 Å². The van der Waals surface area contributed by atoms with Crippen molar-refractivity contribution in [3.63, 3.8) is 0 Å². The van der Waals surface area contributed by atoms with Crippen LogP contribution in [0.3, 0.4) is 0 Å². The van der Waals surface area contributed by atoms with Gasteiger partial charge in [-0.1, -0.05) is 19.9 Å². The molecule has 1 aromatic rings. The number of nitrogens with one attached hydrogen (secondary N) is 1. The number of hydrogen-bond donors (Lipinski definition) is 1. The van der Waals surface area contributed by atoms with Gasteiger partial charge < -0.3 is 5.32 Å². The molecule has 0 saturated carbocycles. The molecule has 0 aliphatic carbocycles. The molecule has 0 aliphatic heterocycles. The molecule has 1 atom stereocenters. The van der Waals surface area contributed by atoms with Gasteiger partial charge in [0.1, 0.15) is 0 Å². The van der Waals surface area contributed by atoms with Crippen molar-refractivity contribution in [2.75, 3.05) is 12.3 Å². The lowest BCUT2D eigenvalue weighted by atomic mass is 10.3. The van der Waals surface area contributed by atoms with E-state index in [9.17, 15) is 0 Å². The molecule has 1 rings (SSSR count). The van der Waals surface area contributed by atoms with E-state index in [4.69, 9.17) is 0 Å². The highest BCUT2D eigenvalue weighted by atomic mass is 32.2. The monoisotopic (exact) mass is 224 g/mol. The Labute approximate surface area is 96.9 Å². The van der Waals surface area contributed by atoms with E-state index in [-0.39, 0.29) is 0 Å². The molecule has 0 amide bonds. The Morgan fingerprint density at radius 3 is 3.07 bits per heavy atom. The molecule has 84 valence electrons. The Bertz CT molecular complexity index is 251. The van der Waals surface area contributed by atoms with Crippen LogP contribution >= 0.6 is 11.8 Å². The van der Waals surface area contributed by atoms with Crippen LogP contribution in [0.4, 0.5) is 0 Å². The van der Waals surface area contributed by atoms with Crippen LogP contribution in [-0.4, -0.2) is 22.5 Å². The fourth-order valence-electron chi connectivity index (χ4n) is 1.19. The average Bonchev–Trinajstić information content (AvgIpc) is 2.29. The van der Waals surface area contributed by atoms with E-state index >= 15 is 0 Å². The molecule has 0 bridgehead atoms. The molecule has 0 aromatic carbocycles. The summed E-state index contributed by atoms with van der Waals surface area (Å²) in [6, 6.07) is 4.08. The van der Waals surface area contributed by atoms with Crippen molar-refractivity contribution in [2.24, 2.45) is 0 Å². The maximum Gasteiger partial charge on any atom is 0.0312 e. The predicted molar refractivity (Wildman–Crippen MR) is 68.2 cm³/mol. The van der Waals surface area contributed by atoms with Crippen molar-refractivity contribution >= 4 is 11.8 Å². The van der Waals surface area contributed by atoms with Crippen LogP contribution < -0.4 is 5.32 Å². The lowest BCUT2D eigenvalue weighted by molar-refractivity contribution is 0.728. The lowest BCUT2D eigenvalue weighted by Crippen LogP contribution is -2.17. The summed E-state index contributed by atoms with van der Waals surface area (Å²) in [5.74, 6) is 1.19. The van der Waals surface area contributed by atoms with Crippen LogP contribution in [0.5, 0.6) is 0 Å². The van der Waals surface area contributed by atoms with Crippen molar-refractivity contribution in [1.82, 2.24) is 10.3 Å². The maximum atomic E-state index is 4.08. The highest BCUT2D eigenvalue weighted by Gasteiger charge is 1.97. The summed E-state index contributed by atoms with van der Waals surface area (Å²) in [5.41, 5.74) is 1.26. The van der Waals surface area contributed by atoms with Gasteiger partial charge in [-0.2, -0.15) is 11.8 Å². The van der Waals surface area contributed by atoms with Gasteiger partial charge in [0.15, 0.2) is 0 Å². The zero-order valence-electron chi connectivity index (χ0n) is 9.57. The number of nitrogens with zero attached hydrogens (tertiary/aromatic N) is 1. The van der Waals surface area contributed by atoms with Gasteiger partial charge in [-0.15, -0.1) is 0 Å². The summed E-state index contributed by atoms with van der Waals surface area (Å²) in [7, 11) is 0. The quantitative estimate of drug-likeness (QED) is 0.721. The van der Waals surface area contributed by atoms with Crippen molar-refractivity contribution in [3.8, 4) is 0 Å². The third-order valence-corrected chi connectivity index (χ3v) is 3.65. The van der Waals surface area contributed by atoms with E-state index in [1.807, 2.05) is 30.2 Å². The maximum absolute atomic E-state index is 4.08. The Hall–Kier alpha value is -0.540. The molecule has 2 nitrogen and oxygen atoms in total. The Kier molecular flexibility index (Phi) is 6.44. The SMILES string of the molecule is CCC(C)SCCNCc1cccnc1. The topological polar surface area (TPSA) is 24.9 Å². The third kappa shape index (κ3) is 5.80. The van der Waals surface area contributed by atoms with Crippen LogP contribution in [0.1, 0.15) is 25.8 Å². The van der Waals surface area contributed by atoms with E-state index < -0.39 is 0 Å². The largest absolute Gasteiger partial charge is 0.312 e. The summed E-state index contributed by atoms with van der Waals surface area (Å²) in [4.78, 5) is 4.08. The van der Waals surface area contributed by atoms with Crippen LogP contribution in [0.15, 0.2) is 24.5 Å². The molecular weight excluding hydrogens is 204 g/mol. The highest BCUT2D eigenvalue weighted by molar-refractivity contribution is 7.99. The molecule has 15 heavy (non-hydrogen) atoms. The summed E-state index contributed by atoms with van der Waals surface area (Å²) in [6.07, 6.45) is 4.98. The summed E-state index contributed by atoms with van der Waals surface area (Å²) >= 11 is 2.03. The van der Waals surface area contributed by atoms with Crippen LogP contribution in [0, 0.1) is 0 Å². The summed E-state index contributed by atoms with van der Waals surface area (Å²) < 4.78 is 0. The number of thioether (sulfide) groups is 1. The van der Waals surface area contributed by atoms with Gasteiger partial charge in [0, 0.05) is 36.5 Å². The van der Waals surface area contributed by atoms with E-state index in [2.05, 4.69) is 30.2 Å². The van der Waals surface area contributed by atoms with E-state index in [1.54, 1.807) is 0 Å². The van der Waals surface area contributed by atoms with Crippen LogP contribution in [-0.2, 0) is 6.54 Å². The second-order valence-corrected chi connectivity index (χ2v) is 5.17. The molecular formula is C12H20N2S. The molecule has 0 radical (unpaired) electrons. The fraction of sp³-hybridized carbons (Fsp3) is 0.583. The van der Waals surface area contributed by atoms with Gasteiger partial charge in [-0.25, -0.2) is 0 Å². The molecule has 1 N–H and O–H groups in total. The molecule has 1 unspecified atom stereocenters. The van der Waals surface area contributed by atoms with E-state index in [1.165, 1.54) is 17.7 Å². The standard InChI is InChI=1S/C12H20N2S/c1-3-11(2)15-8-7-14-10-12-5-4-6-13-9-12/h4-6,9,11,14H,3,7-8,10H2,1-2H3. The molecule has 0 fully saturated rings. The first-order valence-electron chi connectivity index (χ1n) is 5.54. The van der Waals surface area contributed by atoms with Gasteiger partial charge in [0.25, 0.3) is 0 Å². The van der Waals surface area contributed by atoms with Crippen molar-refractivity contribution in [3.05, 3.63) is 30.1 Å². The second-order valence-electron chi connectivity index (χ2n) is 3.63. The van der Waals surface area contributed by atoms with Crippen LogP contribution in [0.2, 0.25) is 0 Å². The van der Waals surface area contributed by atoms with E-state index in [0.717, 1.165) is 18.3 Å². The minimum Gasteiger partial charge on any atom is -0.312 e. The zero-order valence-corrected chi connectivity index (χ0v) is 10.4. The Morgan fingerprint density at radius 1 is 1.53 bits per heavy atom. The molecule has 0 saturated heterocycles. The Balaban J connectivity index is 2.03. The average molecular weight is 224 g/mol. The van der Waals surface area contributed by atoms with Crippen molar-refractivity contribution in [1.29, 1.82) is 0 Å². The molecule has 1 aromatic heterocycles. The van der Waals surface area contributed by atoms with Gasteiger partial charge in [0.2, 0.25) is 0 Å². The smallest absolute Gasteiger partial charge is 0.0312 e. The zero-order chi connectivity index (χ0) is 10.9. The first-order valence-corrected chi connectivity index (χ1v) is 6.59. The van der Waals surface area contributed by atoms with Gasteiger partial charge in [-0.3, -0.25) is 4.98 Å². The predicted octanol–water partition coefficient (Wildman–Crippen LogP) is 2.70. The fourth-order valence-corrected chi connectivity index (χ4v) is 2.09. The first kappa shape index (κ1) is 12.5. The lowest BCUT2D eigenvalue weighted by Gasteiger charge is -2.08. The van der Waals surface area contributed by atoms with Crippen molar-refractivity contribution < 1.29 is 0 Å². The minimum atomic E-state index is 0.783. The third-order valence-electron chi connectivity index (χ3n) is 2.31. The minimum absolute atomic E-state index is 0.783. The number of aromatic nitrogens is 1. The molecule has 0 aliphatic rings. The number of rotatable bonds is 7.